The molecule has 2 rings (SSSR count). The lowest BCUT2D eigenvalue weighted by molar-refractivity contribution is 0.602. The van der Waals surface area contributed by atoms with Gasteiger partial charge in [-0.2, -0.15) is 0 Å². The molecule has 0 saturated carbocycles. The van der Waals surface area contributed by atoms with Crippen molar-refractivity contribution in [1.82, 2.24) is 19.9 Å². The minimum Gasteiger partial charge on any atom is -0.241 e. The first-order valence-electron chi connectivity index (χ1n) is 8.34. The molecule has 0 N–H and O–H groups in total. The van der Waals surface area contributed by atoms with E-state index in [2.05, 4.69) is 33.8 Å². The maximum absolute atomic E-state index is 4.09. The highest BCUT2D eigenvalue weighted by atomic mass is 14.9. The van der Waals surface area contributed by atoms with E-state index >= 15 is 0 Å². The molecule has 0 aromatic carbocycles. The molecule has 0 saturated heterocycles. The molecule has 4 nitrogen and oxygen atoms in total. The molecule has 2 heterocycles. The highest BCUT2D eigenvalue weighted by molar-refractivity contribution is 5.50. The summed E-state index contributed by atoms with van der Waals surface area (Å²) < 4.78 is 0. The smallest absolute Gasteiger partial charge is 0.162 e. The first-order chi connectivity index (χ1) is 10.8. The second kappa shape index (κ2) is 11.8. The summed E-state index contributed by atoms with van der Waals surface area (Å²) in [6.07, 6.45) is 16.8. The van der Waals surface area contributed by atoms with Crippen molar-refractivity contribution >= 4 is 0 Å². The van der Waals surface area contributed by atoms with Crippen molar-refractivity contribution in [3.05, 3.63) is 36.7 Å². The summed E-state index contributed by atoms with van der Waals surface area (Å²) in [4.78, 5) is 16.3. The van der Waals surface area contributed by atoms with Crippen LogP contribution in [0, 0.1) is 6.92 Å². The average Bonchev–Trinajstić information content (AvgIpc) is 2.57. The Bertz CT molecular complexity index is 476. The molecule has 4 heteroatoms. The van der Waals surface area contributed by atoms with Crippen molar-refractivity contribution in [2.45, 2.75) is 65.7 Å². The van der Waals surface area contributed by atoms with E-state index in [0.717, 1.165) is 11.4 Å². The Labute approximate surface area is 134 Å². The normalized spacial score (nSPS) is 9.95. The summed E-state index contributed by atoms with van der Waals surface area (Å²) >= 11 is 0. The monoisotopic (exact) mass is 300 g/mol. The number of aryl methyl sites for hydroxylation is 1. The van der Waals surface area contributed by atoms with Crippen LogP contribution in [0.5, 0.6) is 0 Å². The lowest BCUT2D eigenvalue weighted by Gasteiger charge is -1.97. The second-order valence-corrected chi connectivity index (χ2v) is 5.36. The van der Waals surface area contributed by atoms with E-state index in [1.807, 2.05) is 6.92 Å². The summed E-state index contributed by atoms with van der Waals surface area (Å²) in [7, 11) is 0. The molecule has 0 amide bonds. The van der Waals surface area contributed by atoms with E-state index in [1.165, 1.54) is 44.9 Å². The van der Waals surface area contributed by atoms with Crippen LogP contribution in [-0.2, 0) is 0 Å². The first-order valence-corrected chi connectivity index (χ1v) is 8.34. The van der Waals surface area contributed by atoms with E-state index in [-0.39, 0.29) is 0 Å². The molecule has 0 aliphatic heterocycles. The molecule has 0 spiro atoms. The molecule has 0 aliphatic carbocycles. The van der Waals surface area contributed by atoms with Crippen LogP contribution in [0.1, 0.15) is 64.6 Å². The second-order valence-electron chi connectivity index (χ2n) is 5.36. The highest BCUT2D eigenvalue weighted by Crippen LogP contribution is 2.09. The van der Waals surface area contributed by atoms with Crippen molar-refractivity contribution in [2.75, 3.05) is 0 Å². The quantitative estimate of drug-likeness (QED) is 0.675. The lowest BCUT2D eigenvalue weighted by atomic mass is 10.1. The summed E-state index contributed by atoms with van der Waals surface area (Å²) in [5.74, 6) is 1.40. The van der Waals surface area contributed by atoms with Gasteiger partial charge in [-0.1, -0.05) is 58.8 Å². The predicted molar refractivity (Wildman–Crippen MR) is 91.5 cm³/mol. The van der Waals surface area contributed by atoms with Gasteiger partial charge >= 0.3 is 0 Å². The molecular weight excluding hydrogens is 272 g/mol. The Morgan fingerprint density at radius 3 is 1.73 bits per heavy atom. The fourth-order valence-electron chi connectivity index (χ4n) is 1.99. The van der Waals surface area contributed by atoms with Gasteiger partial charge in [0.2, 0.25) is 0 Å². The SMILES string of the molecule is CCCCCCCCC.Cc1ncc(-c2ncccn2)cn1. The van der Waals surface area contributed by atoms with Crippen LogP contribution in [0.4, 0.5) is 0 Å². The van der Waals surface area contributed by atoms with Crippen LogP contribution in [0.15, 0.2) is 30.9 Å². The van der Waals surface area contributed by atoms with Crippen molar-refractivity contribution < 1.29 is 0 Å². The Hall–Kier alpha value is -1.84. The fourth-order valence-corrected chi connectivity index (χ4v) is 1.99. The molecule has 0 bridgehead atoms. The summed E-state index contributed by atoms with van der Waals surface area (Å²) in [6.45, 7) is 6.37. The third-order valence-corrected chi connectivity index (χ3v) is 3.31. The topological polar surface area (TPSA) is 51.6 Å². The first kappa shape index (κ1) is 18.2. The van der Waals surface area contributed by atoms with E-state index in [1.54, 1.807) is 30.9 Å². The van der Waals surface area contributed by atoms with E-state index in [9.17, 15) is 0 Å². The van der Waals surface area contributed by atoms with E-state index in [4.69, 9.17) is 0 Å². The Morgan fingerprint density at radius 1 is 0.727 bits per heavy atom. The fraction of sp³-hybridized carbons (Fsp3) is 0.556. The Balaban J connectivity index is 0.000000239. The molecule has 22 heavy (non-hydrogen) atoms. The molecule has 120 valence electrons. The van der Waals surface area contributed by atoms with Crippen molar-refractivity contribution in [3.8, 4) is 11.4 Å². The number of aromatic nitrogens is 4. The number of hydrogen-bond acceptors (Lipinski definition) is 4. The Kier molecular flexibility index (Phi) is 9.75. The number of unbranched alkanes of at least 4 members (excludes halogenated alkanes) is 6. The van der Waals surface area contributed by atoms with Gasteiger partial charge in [0, 0.05) is 24.8 Å². The molecule has 0 atom stereocenters. The summed E-state index contributed by atoms with van der Waals surface area (Å²) in [5.41, 5.74) is 0.839. The van der Waals surface area contributed by atoms with Gasteiger partial charge in [0.15, 0.2) is 5.82 Å². The maximum Gasteiger partial charge on any atom is 0.162 e. The van der Waals surface area contributed by atoms with Gasteiger partial charge in [-0.05, 0) is 13.0 Å². The van der Waals surface area contributed by atoms with E-state index in [0.29, 0.717) is 5.82 Å². The van der Waals surface area contributed by atoms with Crippen LogP contribution >= 0.6 is 0 Å². The van der Waals surface area contributed by atoms with E-state index < -0.39 is 0 Å². The predicted octanol–water partition coefficient (Wildman–Crippen LogP) is 5.00. The van der Waals surface area contributed by atoms with Gasteiger partial charge in [-0.3, -0.25) is 0 Å². The van der Waals surface area contributed by atoms with Gasteiger partial charge in [0.1, 0.15) is 5.82 Å². The number of rotatable bonds is 7. The van der Waals surface area contributed by atoms with Crippen molar-refractivity contribution in [3.63, 3.8) is 0 Å². The zero-order valence-electron chi connectivity index (χ0n) is 14.1. The molecule has 0 unspecified atom stereocenters. The third kappa shape index (κ3) is 7.81. The molecule has 0 radical (unpaired) electrons. The van der Waals surface area contributed by atoms with Crippen molar-refractivity contribution in [2.24, 2.45) is 0 Å². The molecule has 0 aliphatic rings. The van der Waals surface area contributed by atoms with Gasteiger partial charge in [-0.15, -0.1) is 0 Å². The van der Waals surface area contributed by atoms with Gasteiger partial charge in [0.05, 0.1) is 5.56 Å². The maximum atomic E-state index is 4.09. The standard InChI is InChI=1S/C9H8N4.C9H20/c1-7-12-5-8(6-13-7)9-10-3-2-4-11-9;1-3-5-7-9-8-6-4-2/h2-6H,1H3;3-9H2,1-2H3. The van der Waals surface area contributed by atoms with Gasteiger partial charge < -0.3 is 0 Å². The molecular formula is C18H28N4. The zero-order valence-corrected chi connectivity index (χ0v) is 14.1. The zero-order chi connectivity index (χ0) is 16.0. The van der Waals surface area contributed by atoms with Crippen LogP contribution in [-0.4, -0.2) is 19.9 Å². The number of hydrogen-bond donors (Lipinski definition) is 0. The Morgan fingerprint density at radius 2 is 1.23 bits per heavy atom. The van der Waals surface area contributed by atoms with Gasteiger partial charge in [0.25, 0.3) is 0 Å². The number of nitrogens with zero attached hydrogens (tertiary/aromatic N) is 4. The van der Waals surface area contributed by atoms with Crippen LogP contribution in [0.2, 0.25) is 0 Å². The third-order valence-electron chi connectivity index (χ3n) is 3.31. The minimum atomic E-state index is 0.655. The van der Waals surface area contributed by atoms with Crippen LogP contribution in [0.3, 0.4) is 0 Å². The lowest BCUT2D eigenvalue weighted by Crippen LogP contribution is -1.91. The van der Waals surface area contributed by atoms with Gasteiger partial charge in [-0.25, -0.2) is 19.9 Å². The summed E-state index contributed by atoms with van der Waals surface area (Å²) in [5, 5.41) is 0. The minimum absolute atomic E-state index is 0.655. The molecule has 2 aromatic heterocycles. The highest BCUT2D eigenvalue weighted by Gasteiger charge is 1.99. The summed E-state index contributed by atoms with van der Waals surface area (Å²) in [6, 6.07) is 1.78. The molecule has 0 fully saturated rings. The largest absolute Gasteiger partial charge is 0.241 e. The average molecular weight is 300 g/mol. The van der Waals surface area contributed by atoms with Crippen LogP contribution < -0.4 is 0 Å². The van der Waals surface area contributed by atoms with Crippen molar-refractivity contribution in [1.29, 1.82) is 0 Å². The van der Waals surface area contributed by atoms with Crippen LogP contribution in [0.25, 0.3) is 11.4 Å². The molecule has 2 aromatic rings.